The minimum absolute atomic E-state index is 0.174. The molecule has 0 N–H and O–H groups in total. The highest BCUT2D eigenvalue weighted by atomic mass is 32.1. The number of aryl methyl sites for hydroxylation is 1. The van der Waals surface area contributed by atoms with Gasteiger partial charge in [0.05, 0.1) is 30.3 Å². The molecule has 1 amide bonds. The Balaban J connectivity index is 1.75. The van der Waals surface area contributed by atoms with Crippen LogP contribution in [0.4, 0.5) is 0 Å². The Morgan fingerprint density at radius 3 is 2.73 bits per heavy atom. The molecule has 11 nitrogen and oxygen atoms in total. The van der Waals surface area contributed by atoms with Crippen LogP contribution in [-0.4, -0.2) is 49.5 Å². The van der Waals surface area contributed by atoms with Crippen LogP contribution in [0.2, 0.25) is 0 Å². The van der Waals surface area contributed by atoms with Crippen molar-refractivity contribution in [2.45, 2.75) is 20.0 Å². The van der Waals surface area contributed by atoms with Gasteiger partial charge in [0.15, 0.2) is 16.0 Å². The van der Waals surface area contributed by atoms with Gasteiger partial charge >= 0.3 is 5.69 Å². The topological polar surface area (TPSA) is 115 Å². The van der Waals surface area contributed by atoms with Gasteiger partial charge in [-0.05, 0) is 25.1 Å². The highest BCUT2D eigenvalue weighted by molar-refractivity contribution is 7.16. The van der Waals surface area contributed by atoms with E-state index < -0.39 is 17.2 Å². The molecule has 0 unspecified atom stereocenters. The molecule has 0 radical (unpaired) electrons. The number of hydrogen-bond acceptors (Lipinski definition) is 7. The van der Waals surface area contributed by atoms with E-state index in [9.17, 15) is 14.4 Å². The fraction of sp³-hybridized carbons (Fsp3) is 0.381. The van der Waals surface area contributed by atoms with Gasteiger partial charge in [-0.15, -0.1) is 0 Å². The van der Waals surface area contributed by atoms with Crippen molar-refractivity contribution >= 4 is 38.6 Å². The zero-order chi connectivity index (χ0) is 23.7. The minimum atomic E-state index is -0.515. The van der Waals surface area contributed by atoms with Crippen molar-refractivity contribution < 1.29 is 14.3 Å². The minimum Gasteiger partial charge on any atom is -0.497 e. The second-order valence-electron chi connectivity index (χ2n) is 7.32. The van der Waals surface area contributed by atoms with E-state index in [-0.39, 0.29) is 17.7 Å². The molecule has 0 saturated heterocycles. The number of amides is 1. The van der Waals surface area contributed by atoms with Gasteiger partial charge in [0, 0.05) is 27.2 Å². The Bertz CT molecular complexity index is 1540. The van der Waals surface area contributed by atoms with Gasteiger partial charge in [-0.1, -0.05) is 11.3 Å². The second kappa shape index (κ2) is 9.16. The molecule has 3 aromatic heterocycles. The molecule has 4 rings (SSSR count). The molecule has 1 aromatic carbocycles. The van der Waals surface area contributed by atoms with Crippen molar-refractivity contribution in [3.05, 3.63) is 50.2 Å². The lowest BCUT2D eigenvalue weighted by Crippen LogP contribution is -2.37. The zero-order valence-electron chi connectivity index (χ0n) is 18.8. The highest BCUT2D eigenvalue weighted by Gasteiger charge is 2.16. The molecular weight excluding hydrogens is 448 g/mol. The monoisotopic (exact) mass is 472 g/mol. The SMILES string of the molecule is CCOCCn1c(=NC(=O)Cn2cnc3c2c(=O)n(C)c(=O)n3C)sc2cc(OC)ccc21. The first-order valence-electron chi connectivity index (χ1n) is 10.3. The first kappa shape index (κ1) is 22.7. The summed E-state index contributed by atoms with van der Waals surface area (Å²) in [7, 11) is 4.52. The van der Waals surface area contributed by atoms with Gasteiger partial charge in [0.25, 0.3) is 11.5 Å². The molecule has 4 aromatic rings. The average molecular weight is 473 g/mol. The molecule has 0 fully saturated rings. The summed E-state index contributed by atoms with van der Waals surface area (Å²) in [6.07, 6.45) is 1.37. The van der Waals surface area contributed by atoms with E-state index in [1.807, 2.05) is 29.7 Å². The van der Waals surface area contributed by atoms with Crippen molar-refractivity contribution in [2.75, 3.05) is 20.3 Å². The van der Waals surface area contributed by atoms with E-state index in [0.717, 1.165) is 14.8 Å². The maximum atomic E-state index is 12.9. The summed E-state index contributed by atoms with van der Waals surface area (Å²) in [5, 5.41) is 0. The van der Waals surface area contributed by atoms with Gasteiger partial charge in [-0.2, -0.15) is 4.99 Å². The summed E-state index contributed by atoms with van der Waals surface area (Å²) in [4.78, 5) is 46.6. The number of nitrogens with zero attached hydrogens (tertiary/aromatic N) is 6. The number of aromatic nitrogens is 5. The smallest absolute Gasteiger partial charge is 0.332 e. The maximum Gasteiger partial charge on any atom is 0.332 e. The van der Waals surface area contributed by atoms with Gasteiger partial charge < -0.3 is 18.6 Å². The lowest BCUT2D eigenvalue weighted by atomic mass is 10.3. The molecule has 0 aliphatic heterocycles. The van der Waals surface area contributed by atoms with Crippen LogP contribution in [0.5, 0.6) is 5.75 Å². The number of benzene rings is 1. The molecule has 0 aliphatic carbocycles. The van der Waals surface area contributed by atoms with Gasteiger partial charge in [-0.3, -0.25) is 18.7 Å². The zero-order valence-corrected chi connectivity index (χ0v) is 19.6. The first-order chi connectivity index (χ1) is 15.8. The number of rotatable bonds is 7. The molecule has 0 atom stereocenters. The third-order valence-electron chi connectivity index (χ3n) is 5.30. The molecule has 0 aliphatic rings. The van der Waals surface area contributed by atoms with E-state index in [1.165, 1.54) is 40.9 Å². The molecule has 174 valence electrons. The quantitative estimate of drug-likeness (QED) is 0.364. The van der Waals surface area contributed by atoms with Gasteiger partial charge in [0.2, 0.25) is 0 Å². The Morgan fingerprint density at radius 2 is 2.00 bits per heavy atom. The predicted octanol–water partition coefficient (Wildman–Crippen LogP) is 0.623. The Morgan fingerprint density at radius 1 is 1.21 bits per heavy atom. The van der Waals surface area contributed by atoms with Crippen LogP contribution in [0.15, 0.2) is 39.1 Å². The van der Waals surface area contributed by atoms with Crippen molar-refractivity contribution in [3.8, 4) is 5.75 Å². The first-order valence-corrected chi connectivity index (χ1v) is 11.1. The number of methoxy groups -OCH3 is 1. The Hall–Kier alpha value is -3.51. The lowest BCUT2D eigenvalue weighted by Gasteiger charge is -2.06. The van der Waals surface area contributed by atoms with Gasteiger partial charge in [0.1, 0.15) is 12.3 Å². The standard InChI is InChI=1S/C21H24N6O5S/c1-5-32-9-8-27-14-7-6-13(31-4)10-15(14)33-20(27)23-16(28)11-26-12-22-18-17(26)19(29)25(3)21(30)24(18)2/h6-7,10,12H,5,8-9,11H2,1-4H3. The third-order valence-corrected chi connectivity index (χ3v) is 6.34. The molecule has 3 heterocycles. The predicted molar refractivity (Wildman–Crippen MR) is 124 cm³/mol. The molecule has 0 spiro atoms. The van der Waals surface area contributed by atoms with Crippen LogP contribution in [-0.2, 0) is 36.7 Å². The van der Waals surface area contributed by atoms with Gasteiger partial charge in [-0.25, -0.2) is 9.78 Å². The normalized spacial score (nSPS) is 12.2. The summed E-state index contributed by atoms with van der Waals surface area (Å²) in [6, 6.07) is 5.68. The number of ether oxygens (including phenoxy) is 2. The summed E-state index contributed by atoms with van der Waals surface area (Å²) in [6.45, 7) is 3.33. The third kappa shape index (κ3) is 4.14. The van der Waals surface area contributed by atoms with Crippen LogP contribution in [0.1, 0.15) is 6.92 Å². The second-order valence-corrected chi connectivity index (χ2v) is 8.33. The lowest BCUT2D eigenvalue weighted by molar-refractivity contribution is -0.118. The van der Waals surface area contributed by atoms with Crippen LogP contribution < -0.4 is 20.8 Å². The van der Waals surface area contributed by atoms with Crippen molar-refractivity contribution in [1.29, 1.82) is 0 Å². The Kier molecular flexibility index (Phi) is 6.29. The van der Waals surface area contributed by atoms with E-state index in [1.54, 1.807) is 7.11 Å². The number of imidazole rings is 1. The van der Waals surface area contributed by atoms with Crippen molar-refractivity contribution in [3.63, 3.8) is 0 Å². The van der Waals surface area contributed by atoms with E-state index in [0.29, 0.717) is 30.3 Å². The van der Waals surface area contributed by atoms with Crippen molar-refractivity contribution in [1.82, 2.24) is 23.3 Å². The Labute approximate surface area is 191 Å². The number of thiazole rings is 1. The van der Waals surface area contributed by atoms with Crippen LogP contribution in [0.25, 0.3) is 21.4 Å². The fourth-order valence-electron chi connectivity index (χ4n) is 3.59. The van der Waals surface area contributed by atoms with E-state index >= 15 is 0 Å². The number of carbonyl (C=O) groups excluding carboxylic acids is 1. The highest BCUT2D eigenvalue weighted by Crippen LogP contribution is 2.23. The molecule has 33 heavy (non-hydrogen) atoms. The number of fused-ring (bicyclic) bond motifs is 2. The van der Waals surface area contributed by atoms with E-state index in [4.69, 9.17) is 9.47 Å². The average Bonchev–Trinajstić information content (AvgIpc) is 3.37. The number of carbonyl (C=O) groups is 1. The van der Waals surface area contributed by atoms with Crippen LogP contribution >= 0.6 is 11.3 Å². The van der Waals surface area contributed by atoms with Crippen LogP contribution in [0, 0.1) is 0 Å². The van der Waals surface area contributed by atoms with Crippen LogP contribution in [0.3, 0.4) is 0 Å². The molecule has 12 heteroatoms. The van der Waals surface area contributed by atoms with E-state index in [2.05, 4.69) is 9.98 Å². The molecular formula is C21H24N6O5S. The maximum absolute atomic E-state index is 12.9. The summed E-state index contributed by atoms with van der Waals surface area (Å²) >= 11 is 1.37. The summed E-state index contributed by atoms with van der Waals surface area (Å²) < 4.78 is 17.3. The fourth-order valence-corrected chi connectivity index (χ4v) is 4.69. The molecule has 0 bridgehead atoms. The molecule has 0 saturated carbocycles. The summed E-state index contributed by atoms with van der Waals surface area (Å²) in [5.41, 5.74) is 0.318. The van der Waals surface area contributed by atoms with Crippen molar-refractivity contribution in [2.24, 2.45) is 19.1 Å². The number of hydrogen-bond donors (Lipinski definition) is 0. The largest absolute Gasteiger partial charge is 0.497 e. The summed E-state index contributed by atoms with van der Waals surface area (Å²) in [5.74, 6) is 0.263.